The van der Waals surface area contributed by atoms with Crippen molar-refractivity contribution in [1.82, 2.24) is 4.90 Å². The first kappa shape index (κ1) is 15.8. The van der Waals surface area contributed by atoms with Gasteiger partial charge in [0.25, 0.3) is 0 Å². The molecule has 1 fully saturated rings. The maximum atomic E-state index is 12.3. The molecule has 1 amide bonds. The summed E-state index contributed by atoms with van der Waals surface area (Å²) in [5.41, 5.74) is 0.883. The molecule has 1 aromatic rings. The van der Waals surface area contributed by atoms with Crippen molar-refractivity contribution < 1.29 is 19.4 Å². The molecule has 5 nitrogen and oxygen atoms in total. The summed E-state index contributed by atoms with van der Waals surface area (Å²) in [5, 5.41) is 9.05. The van der Waals surface area contributed by atoms with E-state index in [1.54, 1.807) is 19.1 Å². The highest BCUT2D eigenvalue weighted by molar-refractivity contribution is 9.10. The Morgan fingerprint density at radius 2 is 2.05 bits per heavy atom. The molecule has 6 heteroatoms. The first-order valence-electron chi connectivity index (χ1n) is 6.74. The van der Waals surface area contributed by atoms with E-state index in [4.69, 9.17) is 9.84 Å². The summed E-state index contributed by atoms with van der Waals surface area (Å²) in [6.45, 7) is 0.393. The SMILES string of the molecule is COc1ccc(Br)cc1CN(C)C(=O)C1CCC1C(=O)O. The van der Waals surface area contributed by atoms with Crippen molar-refractivity contribution in [2.45, 2.75) is 19.4 Å². The Labute approximate surface area is 132 Å². The number of methoxy groups -OCH3 is 1. The zero-order valence-electron chi connectivity index (χ0n) is 12.0. The van der Waals surface area contributed by atoms with Gasteiger partial charge in [0.2, 0.25) is 5.91 Å². The van der Waals surface area contributed by atoms with Crippen molar-refractivity contribution >= 4 is 27.8 Å². The van der Waals surface area contributed by atoms with Crippen LogP contribution in [0.25, 0.3) is 0 Å². The Balaban J connectivity index is 2.07. The Bertz CT molecular complexity index is 561. The number of hydrogen-bond donors (Lipinski definition) is 1. The highest BCUT2D eigenvalue weighted by Gasteiger charge is 2.42. The van der Waals surface area contributed by atoms with E-state index in [-0.39, 0.29) is 5.91 Å². The van der Waals surface area contributed by atoms with Gasteiger partial charge in [-0.05, 0) is 31.0 Å². The lowest BCUT2D eigenvalue weighted by atomic mass is 9.73. The fourth-order valence-corrected chi connectivity index (χ4v) is 2.99. The molecule has 2 atom stereocenters. The van der Waals surface area contributed by atoms with Crippen LogP contribution in [0.2, 0.25) is 0 Å². The fraction of sp³-hybridized carbons (Fsp3) is 0.467. The Kier molecular flexibility index (Phi) is 4.88. The predicted octanol–water partition coefficient (Wildman–Crippen LogP) is 2.53. The van der Waals surface area contributed by atoms with Crippen LogP contribution in [0.5, 0.6) is 5.75 Å². The van der Waals surface area contributed by atoms with Gasteiger partial charge in [0.1, 0.15) is 5.75 Å². The lowest BCUT2D eigenvalue weighted by Crippen LogP contribution is -2.44. The maximum Gasteiger partial charge on any atom is 0.307 e. The summed E-state index contributed by atoms with van der Waals surface area (Å²) in [4.78, 5) is 24.9. The second kappa shape index (κ2) is 6.47. The van der Waals surface area contributed by atoms with Gasteiger partial charge in [-0.1, -0.05) is 15.9 Å². The molecule has 0 saturated heterocycles. The summed E-state index contributed by atoms with van der Waals surface area (Å²) in [6, 6.07) is 5.61. The second-order valence-corrected chi connectivity index (χ2v) is 6.19. The largest absolute Gasteiger partial charge is 0.496 e. The third-order valence-corrected chi connectivity index (χ3v) is 4.43. The number of carbonyl (C=O) groups excluding carboxylic acids is 1. The fourth-order valence-electron chi connectivity index (χ4n) is 2.58. The minimum Gasteiger partial charge on any atom is -0.496 e. The Morgan fingerprint density at radius 3 is 2.57 bits per heavy atom. The maximum absolute atomic E-state index is 12.3. The van der Waals surface area contributed by atoms with Crippen molar-refractivity contribution in [1.29, 1.82) is 0 Å². The van der Waals surface area contributed by atoms with Crippen LogP contribution in [0.1, 0.15) is 18.4 Å². The molecule has 0 spiro atoms. The number of carboxylic acids is 1. The lowest BCUT2D eigenvalue weighted by Gasteiger charge is -2.35. The molecule has 2 unspecified atom stereocenters. The van der Waals surface area contributed by atoms with E-state index in [2.05, 4.69) is 15.9 Å². The molecule has 0 radical (unpaired) electrons. The number of nitrogens with zero attached hydrogens (tertiary/aromatic N) is 1. The Morgan fingerprint density at radius 1 is 1.38 bits per heavy atom. The van der Waals surface area contributed by atoms with E-state index in [9.17, 15) is 9.59 Å². The summed E-state index contributed by atoms with van der Waals surface area (Å²) in [6.07, 6.45) is 1.23. The molecular weight excluding hydrogens is 338 g/mol. The first-order chi connectivity index (χ1) is 9.93. The molecule has 1 aliphatic rings. The quantitative estimate of drug-likeness (QED) is 0.881. The monoisotopic (exact) mass is 355 g/mol. The molecule has 0 bridgehead atoms. The highest BCUT2D eigenvalue weighted by Crippen LogP contribution is 2.36. The first-order valence-corrected chi connectivity index (χ1v) is 7.53. The van der Waals surface area contributed by atoms with Gasteiger partial charge < -0.3 is 14.7 Å². The van der Waals surface area contributed by atoms with Crippen LogP contribution in [0, 0.1) is 11.8 Å². The molecule has 1 N–H and O–H groups in total. The smallest absolute Gasteiger partial charge is 0.307 e. The number of rotatable bonds is 5. The van der Waals surface area contributed by atoms with Gasteiger partial charge in [0.05, 0.1) is 18.9 Å². The van der Waals surface area contributed by atoms with Crippen molar-refractivity contribution in [2.24, 2.45) is 11.8 Å². The molecule has 1 saturated carbocycles. The minimum atomic E-state index is -0.881. The van der Waals surface area contributed by atoms with Crippen molar-refractivity contribution in [3.8, 4) is 5.75 Å². The normalized spacial score (nSPS) is 20.5. The van der Waals surface area contributed by atoms with Gasteiger partial charge in [0.15, 0.2) is 0 Å². The van der Waals surface area contributed by atoms with Gasteiger partial charge in [-0.15, -0.1) is 0 Å². The molecule has 0 aromatic heterocycles. The van der Waals surface area contributed by atoms with Gasteiger partial charge in [-0.25, -0.2) is 0 Å². The van der Waals surface area contributed by atoms with E-state index in [0.29, 0.717) is 25.1 Å². The van der Waals surface area contributed by atoms with Crippen molar-refractivity contribution in [3.63, 3.8) is 0 Å². The number of aliphatic carboxylic acids is 1. The molecule has 114 valence electrons. The lowest BCUT2D eigenvalue weighted by molar-refractivity contribution is -0.156. The highest BCUT2D eigenvalue weighted by atomic mass is 79.9. The van der Waals surface area contributed by atoms with E-state index < -0.39 is 17.8 Å². The van der Waals surface area contributed by atoms with Crippen LogP contribution < -0.4 is 4.74 Å². The summed E-state index contributed by atoms with van der Waals surface area (Å²) in [7, 11) is 3.28. The van der Waals surface area contributed by atoms with Crippen LogP contribution in [0.15, 0.2) is 22.7 Å². The topological polar surface area (TPSA) is 66.8 Å². The van der Waals surface area contributed by atoms with E-state index in [0.717, 1.165) is 10.0 Å². The van der Waals surface area contributed by atoms with Crippen molar-refractivity contribution in [3.05, 3.63) is 28.2 Å². The number of carbonyl (C=O) groups is 2. The number of hydrogen-bond acceptors (Lipinski definition) is 3. The molecule has 1 aliphatic carbocycles. The van der Waals surface area contributed by atoms with Gasteiger partial charge >= 0.3 is 5.97 Å². The minimum absolute atomic E-state index is 0.115. The number of amides is 1. The average molecular weight is 356 g/mol. The molecule has 0 aliphatic heterocycles. The third-order valence-electron chi connectivity index (χ3n) is 3.93. The van der Waals surface area contributed by atoms with E-state index >= 15 is 0 Å². The molecular formula is C15H18BrNO4. The molecule has 1 aromatic carbocycles. The summed E-state index contributed by atoms with van der Waals surface area (Å²) in [5.74, 6) is -1.22. The second-order valence-electron chi connectivity index (χ2n) is 5.28. The van der Waals surface area contributed by atoms with Crippen LogP contribution in [0.3, 0.4) is 0 Å². The standard InChI is InChI=1S/C15H18BrNO4/c1-17(14(18)11-4-5-12(11)15(19)20)8-9-7-10(16)3-6-13(9)21-2/h3,6-7,11-12H,4-5,8H2,1-2H3,(H,19,20). The van der Waals surface area contributed by atoms with Gasteiger partial charge in [0, 0.05) is 23.6 Å². The Hall–Kier alpha value is -1.56. The number of benzene rings is 1. The molecule has 0 heterocycles. The van der Waals surface area contributed by atoms with E-state index in [1.807, 2.05) is 18.2 Å². The molecule has 2 rings (SSSR count). The number of ether oxygens (including phenoxy) is 1. The van der Waals surface area contributed by atoms with E-state index in [1.165, 1.54) is 0 Å². The van der Waals surface area contributed by atoms with Crippen LogP contribution in [-0.4, -0.2) is 36.0 Å². The average Bonchev–Trinajstić information content (AvgIpc) is 2.36. The number of halogens is 1. The third kappa shape index (κ3) is 3.37. The van der Waals surface area contributed by atoms with Crippen LogP contribution in [-0.2, 0) is 16.1 Å². The van der Waals surface area contributed by atoms with Gasteiger partial charge in [-0.2, -0.15) is 0 Å². The van der Waals surface area contributed by atoms with Crippen molar-refractivity contribution in [2.75, 3.05) is 14.2 Å². The molecule has 21 heavy (non-hydrogen) atoms. The summed E-state index contributed by atoms with van der Waals surface area (Å²) >= 11 is 3.40. The van der Waals surface area contributed by atoms with Crippen LogP contribution in [0.4, 0.5) is 0 Å². The van der Waals surface area contributed by atoms with Crippen LogP contribution >= 0.6 is 15.9 Å². The zero-order valence-corrected chi connectivity index (χ0v) is 13.6. The predicted molar refractivity (Wildman–Crippen MR) is 81.0 cm³/mol. The van der Waals surface area contributed by atoms with Gasteiger partial charge in [-0.3, -0.25) is 9.59 Å². The number of carboxylic acid groups (broad SMARTS) is 1. The zero-order chi connectivity index (χ0) is 15.6. The summed E-state index contributed by atoms with van der Waals surface area (Å²) < 4.78 is 6.20.